The molecule has 0 saturated carbocycles. The zero-order valence-corrected chi connectivity index (χ0v) is 10.6. The van der Waals surface area contributed by atoms with Crippen molar-refractivity contribution in [2.45, 2.75) is 19.7 Å². The number of hydrogen-bond donors (Lipinski definition) is 2. The van der Waals surface area contributed by atoms with Crippen LogP contribution < -0.4 is 14.8 Å². The molecular formula is C11H13F2N5O2. The lowest BCUT2D eigenvalue weighted by molar-refractivity contribution is -0.0512. The second-order valence-corrected chi connectivity index (χ2v) is 3.80. The molecule has 0 amide bonds. The highest BCUT2D eigenvalue weighted by atomic mass is 19.3. The number of rotatable bonds is 7. The Hall–Kier alpha value is -2.29. The van der Waals surface area contributed by atoms with Crippen LogP contribution in [-0.4, -0.2) is 34.3 Å². The van der Waals surface area contributed by atoms with E-state index in [1.807, 2.05) is 0 Å². The lowest BCUT2D eigenvalue weighted by Gasteiger charge is -2.11. The number of hydrogen-bond acceptors (Lipinski definition) is 6. The third-order valence-electron chi connectivity index (χ3n) is 2.45. The summed E-state index contributed by atoms with van der Waals surface area (Å²) in [6.07, 6.45) is 0. The first-order valence-corrected chi connectivity index (χ1v) is 5.74. The molecule has 2 N–H and O–H groups in total. The fraction of sp³-hybridized carbons (Fsp3) is 0.364. The van der Waals surface area contributed by atoms with Gasteiger partial charge in [-0.05, 0) is 17.7 Å². The molecule has 1 heterocycles. The lowest BCUT2D eigenvalue weighted by atomic mass is 10.2. The van der Waals surface area contributed by atoms with E-state index in [4.69, 9.17) is 4.74 Å². The van der Waals surface area contributed by atoms with Crippen molar-refractivity contribution in [2.75, 3.05) is 7.11 Å². The van der Waals surface area contributed by atoms with Gasteiger partial charge in [-0.1, -0.05) is 11.3 Å². The second kappa shape index (κ2) is 6.75. The summed E-state index contributed by atoms with van der Waals surface area (Å²) in [6, 6.07) is 4.82. The molecule has 0 radical (unpaired) electrons. The minimum Gasteiger partial charge on any atom is -0.493 e. The maximum absolute atomic E-state index is 12.3. The number of aromatic nitrogens is 4. The van der Waals surface area contributed by atoms with Gasteiger partial charge in [0.1, 0.15) is 0 Å². The fourth-order valence-corrected chi connectivity index (χ4v) is 1.60. The van der Waals surface area contributed by atoms with Gasteiger partial charge in [0.15, 0.2) is 17.3 Å². The van der Waals surface area contributed by atoms with E-state index in [1.165, 1.54) is 13.2 Å². The van der Waals surface area contributed by atoms with Crippen LogP contribution in [0.4, 0.5) is 8.78 Å². The van der Waals surface area contributed by atoms with E-state index in [9.17, 15) is 8.78 Å². The number of nitrogens with zero attached hydrogens (tertiary/aromatic N) is 3. The normalized spacial score (nSPS) is 10.8. The Morgan fingerprint density at radius 1 is 1.30 bits per heavy atom. The minimum absolute atomic E-state index is 0.00126. The van der Waals surface area contributed by atoms with Crippen LogP contribution in [0.1, 0.15) is 11.4 Å². The van der Waals surface area contributed by atoms with Gasteiger partial charge in [-0.25, -0.2) is 0 Å². The molecule has 20 heavy (non-hydrogen) atoms. The quantitative estimate of drug-likeness (QED) is 0.792. The van der Waals surface area contributed by atoms with E-state index in [-0.39, 0.29) is 11.5 Å². The summed E-state index contributed by atoms with van der Waals surface area (Å²) in [5.41, 5.74) is 0.768. The summed E-state index contributed by atoms with van der Waals surface area (Å²) in [4.78, 5) is 0. The van der Waals surface area contributed by atoms with E-state index in [0.717, 1.165) is 5.56 Å². The highest BCUT2D eigenvalue weighted by molar-refractivity contribution is 5.42. The van der Waals surface area contributed by atoms with Gasteiger partial charge in [0, 0.05) is 6.54 Å². The molecule has 7 nitrogen and oxygen atoms in total. The standard InChI is InChI=1S/C11H13F2N5O2/c1-19-8-3-2-7(4-9(8)20-11(12)13)5-14-6-10-15-17-18-16-10/h2-4,11,14H,5-6H2,1H3,(H,15,16,17,18). The molecule has 1 aromatic carbocycles. The zero-order valence-electron chi connectivity index (χ0n) is 10.6. The topological polar surface area (TPSA) is 85.0 Å². The van der Waals surface area contributed by atoms with Gasteiger partial charge in [0.25, 0.3) is 0 Å². The van der Waals surface area contributed by atoms with Gasteiger partial charge in [0.2, 0.25) is 0 Å². The number of ether oxygens (including phenoxy) is 2. The summed E-state index contributed by atoms with van der Waals surface area (Å²) in [5.74, 6) is 0.774. The second-order valence-electron chi connectivity index (χ2n) is 3.80. The van der Waals surface area contributed by atoms with Gasteiger partial charge in [0.05, 0.1) is 13.7 Å². The molecule has 0 unspecified atom stereocenters. The summed E-state index contributed by atoms with van der Waals surface area (Å²) in [5, 5.41) is 16.4. The van der Waals surface area contributed by atoms with Crippen molar-refractivity contribution in [3.8, 4) is 11.5 Å². The summed E-state index contributed by atoms with van der Waals surface area (Å²) < 4.78 is 33.9. The molecule has 0 aliphatic rings. The molecule has 2 aromatic rings. The van der Waals surface area contributed by atoms with Crippen molar-refractivity contribution in [2.24, 2.45) is 0 Å². The molecule has 1 aromatic heterocycles. The first-order chi connectivity index (χ1) is 9.69. The molecule has 0 aliphatic heterocycles. The van der Waals surface area contributed by atoms with Crippen molar-refractivity contribution in [3.63, 3.8) is 0 Å². The van der Waals surface area contributed by atoms with E-state index in [0.29, 0.717) is 18.9 Å². The Labute approximate surface area is 113 Å². The highest BCUT2D eigenvalue weighted by Gasteiger charge is 2.11. The van der Waals surface area contributed by atoms with Gasteiger partial charge >= 0.3 is 6.61 Å². The van der Waals surface area contributed by atoms with Crippen LogP contribution in [0.2, 0.25) is 0 Å². The molecule has 0 bridgehead atoms. The third kappa shape index (κ3) is 3.85. The highest BCUT2D eigenvalue weighted by Crippen LogP contribution is 2.29. The van der Waals surface area contributed by atoms with Gasteiger partial charge in [-0.15, -0.1) is 10.2 Å². The number of tetrazole rings is 1. The monoisotopic (exact) mass is 285 g/mol. The zero-order chi connectivity index (χ0) is 14.4. The summed E-state index contributed by atoms with van der Waals surface area (Å²) in [6.45, 7) is -2.04. The van der Waals surface area contributed by atoms with Crippen LogP contribution in [0.3, 0.4) is 0 Å². The molecule has 0 spiro atoms. The maximum atomic E-state index is 12.3. The van der Waals surface area contributed by atoms with E-state index in [2.05, 4.69) is 30.7 Å². The predicted molar refractivity (Wildman–Crippen MR) is 64.3 cm³/mol. The van der Waals surface area contributed by atoms with E-state index >= 15 is 0 Å². The van der Waals surface area contributed by atoms with Gasteiger partial charge in [-0.2, -0.15) is 14.0 Å². The van der Waals surface area contributed by atoms with Crippen molar-refractivity contribution in [1.29, 1.82) is 0 Å². The molecule has 0 aliphatic carbocycles. The van der Waals surface area contributed by atoms with Crippen molar-refractivity contribution in [1.82, 2.24) is 25.9 Å². The van der Waals surface area contributed by atoms with Crippen molar-refractivity contribution < 1.29 is 18.3 Å². The third-order valence-corrected chi connectivity index (χ3v) is 2.45. The van der Waals surface area contributed by atoms with Crippen LogP contribution in [0.25, 0.3) is 0 Å². The molecule has 0 fully saturated rings. The number of methoxy groups -OCH3 is 1. The number of alkyl halides is 2. The average Bonchev–Trinajstić information content (AvgIpc) is 2.91. The Morgan fingerprint density at radius 3 is 2.80 bits per heavy atom. The molecule has 9 heteroatoms. The van der Waals surface area contributed by atoms with Crippen LogP contribution in [0.5, 0.6) is 11.5 Å². The Bertz CT molecular complexity index is 536. The van der Waals surface area contributed by atoms with Crippen LogP contribution in [0, 0.1) is 0 Å². The molecule has 0 atom stereocenters. The fourth-order valence-electron chi connectivity index (χ4n) is 1.60. The Morgan fingerprint density at radius 2 is 2.15 bits per heavy atom. The van der Waals surface area contributed by atoms with E-state index < -0.39 is 6.61 Å². The van der Waals surface area contributed by atoms with Crippen LogP contribution >= 0.6 is 0 Å². The SMILES string of the molecule is COc1ccc(CNCc2nn[nH]n2)cc1OC(F)F. The average molecular weight is 285 g/mol. The minimum atomic E-state index is -2.90. The number of aromatic amines is 1. The van der Waals surface area contributed by atoms with Crippen LogP contribution in [0.15, 0.2) is 18.2 Å². The van der Waals surface area contributed by atoms with Crippen molar-refractivity contribution in [3.05, 3.63) is 29.6 Å². The molecular weight excluding hydrogens is 272 g/mol. The first-order valence-electron chi connectivity index (χ1n) is 5.74. The predicted octanol–water partition coefficient (Wildman–Crippen LogP) is 1.10. The van der Waals surface area contributed by atoms with Crippen LogP contribution in [-0.2, 0) is 13.1 Å². The maximum Gasteiger partial charge on any atom is 0.387 e. The summed E-state index contributed by atoms with van der Waals surface area (Å²) >= 11 is 0. The molecule has 0 saturated heterocycles. The lowest BCUT2D eigenvalue weighted by Crippen LogP contribution is -2.14. The smallest absolute Gasteiger partial charge is 0.387 e. The number of H-pyrrole nitrogens is 1. The number of halogens is 2. The van der Waals surface area contributed by atoms with Crippen molar-refractivity contribution >= 4 is 0 Å². The Kier molecular flexibility index (Phi) is 4.77. The molecule has 2 rings (SSSR count). The Balaban J connectivity index is 1.97. The molecule has 108 valence electrons. The largest absolute Gasteiger partial charge is 0.493 e. The van der Waals surface area contributed by atoms with E-state index in [1.54, 1.807) is 12.1 Å². The summed E-state index contributed by atoms with van der Waals surface area (Å²) in [7, 11) is 1.39. The number of nitrogens with one attached hydrogen (secondary N) is 2. The van der Waals surface area contributed by atoms with Gasteiger partial charge in [-0.3, -0.25) is 0 Å². The first kappa shape index (κ1) is 14.1. The number of benzene rings is 1. The van der Waals surface area contributed by atoms with Gasteiger partial charge < -0.3 is 14.8 Å².